The van der Waals surface area contributed by atoms with Crippen molar-refractivity contribution in [1.82, 2.24) is 10.3 Å². The molecule has 1 heterocycles. The lowest BCUT2D eigenvalue weighted by molar-refractivity contribution is 0.251. The van der Waals surface area contributed by atoms with Crippen LogP contribution < -0.4 is 10.6 Å². The van der Waals surface area contributed by atoms with E-state index in [1.54, 1.807) is 36.4 Å². The Labute approximate surface area is 149 Å². The number of anilines is 1. The van der Waals surface area contributed by atoms with Gasteiger partial charge in [0, 0.05) is 22.7 Å². The molecule has 0 atom stereocenters. The first kappa shape index (κ1) is 16.9. The van der Waals surface area contributed by atoms with Crippen molar-refractivity contribution in [1.29, 1.82) is 0 Å². The van der Waals surface area contributed by atoms with Crippen molar-refractivity contribution in [2.75, 3.05) is 5.32 Å². The van der Waals surface area contributed by atoms with E-state index >= 15 is 0 Å². The average Bonchev–Trinajstić information content (AvgIpc) is 2.62. The van der Waals surface area contributed by atoms with Crippen LogP contribution in [0.3, 0.4) is 0 Å². The quantitative estimate of drug-likeness (QED) is 0.702. The topological polar surface area (TPSA) is 54.0 Å². The first-order valence-corrected chi connectivity index (χ1v) is 8.01. The van der Waals surface area contributed by atoms with Gasteiger partial charge in [-0.15, -0.1) is 0 Å². The normalized spacial score (nSPS) is 10.3. The van der Waals surface area contributed by atoms with Gasteiger partial charge in [-0.2, -0.15) is 0 Å². The number of aromatic nitrogens is 1. The maximum absolute atomic E-state index is 13.5. The van der Waals surface area contributed by atoms with Crippen LogP contribution in [0.4, 0.5) is 15.0 Å². The Balaban J connectivity index is 1.67. The highest BCUT2D eigenvalue weighted by molar-refractivity contribution is 6.33. The van der Waals surface area contributed by atoms with Gasteiger partial charge < -0.3 is 5.32 Å². The van der Waals surface area contributed by atoms with Gasteiger partial charge in [0.2, 0.25) is 0 Å². The van der Waals surface area contributed by atoms with Crippen LogP contribution in [-0.2, 0) is 6.54 Å². The van der Waals surface area contributed by atoms with Crippen molar-refractivity contribution in [3.63, 3.8) is 0 Å². The summed E-state index contributed by atoms with van der Waals surface area (Å²) in [6, 6.07) is 18.4. The number of carbonyl (C=O) groups is 1. The molecule has 4 nitrogen and oxygen atoms in total. The third kappa shape index (κ3) is 4.33. The number of amides is 2. The van der Waals surface area contributed by atoms with E-state index in [9.17, 15) is 9.18 Å². The highest BCUT2D eigenvalue weighted by Crippen LogP contribution is 2.26. The molecule has 1 aromatic heterocycles. The second-order valence-electron chi connectivity index (χ2n) is 5.29. The molecule has 0 unspecified atom stereocenters. The predicted octanol–water partition coefficient (Wildman–Crippen LogP) is 4.86. The number of rotatable bonds is 4. The van der Waals surface area contributed by atoms with Gasteiger partial charge in [-0.25, -0.2) is 14.2 Å². The summed E-state index contributed by atoms with van der Waals surface area (Å²) >= 11 is 6.17. The van der Waals surface area contributed by atoms with Crippen molar-refractivity contribution < 1.29 is 9.18 Å². The van der Waals surface area contributed by atoms with E-state index in [0.29, 0.717) is 22.1 Å². The van der Waals surface area contributed by atoms with Crippen molar-refractivity contribution in [2.45, 2.75) is 6.54 Å². The fraction of sp³-hybridized carbons (Fsp3) is 0.0526. The second-order valence-corrected chi connectivity index (χ2v) is 5.69. The van der Waals surface area contributed by atoms with Gasteiger partial charge in [0.05, 0.1) is 5.69 Å². The molecule has 2 aromatic carbocycles. The molecule has 0 saturated carbocycles. The molecule has 0 aliphatic heterocycles. The second kappa shape index (κ2) is 7.77. The number of halogens is 2. The van der Waals surface area contributed by atoms with E-state index in [1.165, 1.54) is 6.07 Å². The molecule has 3 aromatic rings. The molecule has 0 radical (unpaired) electrons. The lowest BCUT2D eigenvalue weighted by Crippen LogP contribution is -2.28. The molecule has 0 aliphatic carbocycles. The van der Waals surface area contributed by atoms with Crippen LogP contribution in [0, 0.1) is 5.82 Å². The Hall–Kier alpha value is -2.92. The fourth-order valence-electron chi connectivity index (χ4n) is 2.30. The van der Waals surface area contributed by atoms with E-state index in [2.05, 4.69) is 15.6 Å². The van der Waals surface area contributed by atoms with E-state index in [0.717, 1.165) is 5.56 Å². The first-order chi connectivity index (χ1) is 12.1. The van der Waals surface area contributed by atoms with Crippen LogP contribution in [0.1, 0.15) is 5.56 Å². The Bertz CT molecular complexity index is 901. The number of carbonyl (C=O) groups excluding carboxylic acids is 1. The predicted molar refractivity (Wildman–Crippen MR) is 96.9 cm³/mol. The Morgan fingerprint density at radius 3 is 2.56 bits per heavy atom. The number of benzene rings is 2. The van der Waals surface area contributed by atoms with Crippen LogP contribution in [0.5, 0.6) is 0 Å². The lowest BCUT2D eigenvalue weighted by Gasteiger charge is -2.09. The third-order valence-electron chi connectivity index (χ3n) is 3.54. The molecular formula is C19H15ClFN3O. The minimum Gasteiger partial charge on any atom is -0.334 e. The number of urea groups is 1. The zero-order valence-electron chi connectivity index (χ0n) is 13.2. The van der Waals surface area contributed by atoms with E-state index < -0.39 is 6.03 Å². The number of nitrogens with one attached hydrogen (secondary N) is 2. The molecule has 2 N–H and O–H groups in total. The molecule has 0 bridgehead atoms. The number of nitrogens with zero attached hydrogens (tertiary/aromatic N) is 1. The van der Waals surface area contributed by atoms with E-state index in [-0.39, 0.29) is 12.4 Å². The van der Waals surface area contributed by atoms with Gasteiger partial charge >= 0.3 is 6.03 Å². The molecular weight excluding hydrogens is 341 g/mol. The summed E-state index contributed by atoms with van der Waals surface area (Å²) < 4.78 is 13.5. The van der Waals surface area contributed by atoms with E-state index in [1.807, 2.05) is 24.3 Å². The van der Waals surface area contributed by atoms with Crippen molar-refractivity contribution in [3.8, 4) is 11.3 Å². The number of hydrogen-bond acceptors (Lipinski definition) is 2. The van der Waals surface area contributed by atoms with Crippen LogP contribution in [-0.4, -0.2) is 11.0 Å². The average molecular weight is 356 g/mol. The lowest BCUT2D eigenvalue weighted by atomic mass is 10.1. The molecule has 126 valence electrons. The maximum Gasteiger partial charge on any atom is 0.320 e. The zero-order valence-corrected chi connectivity index (χ0v) is 13.9. The summed E-state index contributed by atoms with van der Waals surface area (Å²) in [6.45, 7) is 0.0860. The molecule has 2 amide bonds. The largest absolute Gasteiger partial charge is 0.334 e. The standard InChI is InChI=1S/C19H15ClFN3O/c20-15-8-3-2-7-14(15)17-10-5-11-18(23-17)24-19(25)22-12-13-6-1-4-9-16(13)21/h1-11H,12H2,(H2,22,23,24,25). The summed E-state index contributed by atoms with van der Waals surface area (Å²) in [5.74, 6) is 0.0186. The van der Waals surface area contributed by atoms with Gasteiger partial charge in [0.25, 0.3) is 0 Å². The van der Waals surface area contributed by atoms with Crippen molar-refractivity contribution >= 4 is 23.4 Å². The molecule has 3 rings (SSSR count). The van der Waals surface area contributed by atoms with Crippen LogP contribution in [0.15, 0.2) is 66.7 Å². The summed E-state index contributed by atoms with van der Waals surface area (Å²) in [4.78, 5) is 16.4. The highest BCUT2D eigenvalue weighted by Gasteiger charge is 2.08. The Morgan fingerprint density at radius 1 is 1.00 bits per heavy atom. The number of hydrogen-bond donors (Lipinski definition) is 2. The Morgan fingerprint density at radius 2 is 1.76 bits per heavy atom. The van der Waals surface area contributed by atoms with Gasteiger partial charge in [-0.1, -0.05) is 54.1 Å². The van der Waals surface area contributed by atoms with Gasteiger partial charge in [-0.3, -0.25) is 5.32 Å². The smallest absolute Gasteiger partial charge is 0.320 e. The molecule has 0 spiro atoms. The van der Waals surface area contributed by atoms with Gasteiger partial charge in [-0.05, 0) is 24.3 Å². The summed E-state index contributed by atoms with van der Waals surface area (Å²) in [5, 5.41) is 5.82. The third-order valence-corrected chi connectivity index (χ3v) is 3.87. The summed E-state index contributed by atoms with van der Waals surface area (Å²) in [5.41, 5.74) is 1.84. The zero-order chi connectivity index (χ0) is 17.6. The number of pyridine rings is 1. The summed E-state index contributed by atoms with van der Waals surface area (Å²) in [7, 11) is 0. The molecule has 0 saturated heterocycles. The maximum atomic E-state index is 13.5. The minimum absolute atomic E-state index is 0.0860. The fourth-order valence-corrected chi connectivity index (χ4v) is 2.53. The first-order valence-electron chi connectivity index (χ1n) is 7.64. The van der Waals surface area contributed by atoms with Crippen molar-refractivity contribution in [3.05, 3.63) is 83.1 Å². The molecule has 0 fully saturated rings. The molecule has 0 aliphatic rings. The SMILES string of the molecule is O=C(NCc1ccccc1F)Nc1cccc(-c2ccccc2Cl)n1. The van der Waals surface area contributed by atoms with Gasteiger partial charge in [0.1, 0.15) is 11.6 Å². The van der Waals surface area contributed by atoms with Crippen molar-refractivity contribution in [2.24, 2.45) is 0 Å². The van der Waals surface area contributed by atoms with Crippen LogP contribution in [0.2, 0.25) is 5.02 Å². The van der Waals surface area contributed by atoms with Crippen LogP contribution in [0.25, 0.3) is 11.3 Å². The highest BCUT2D eigenvalue weighted by atomic mass is 35.5. The Kier molecular flexibility index (Phi) is 5.26. The molecule has 6 heteroatoms. The minimum atomic E-state index is -0.466. The van der Waals surface area contributed by atoms with Gasteiger partial charge in [0.15, 0.2) is 0 Å². The summed E-state index contributed by atoms with van der Waals surface area (Å²) in [6.07, 6.45) is 0. The van der Waals surface area contributed by atoms with E-state index in [4.69, 9.17) is 11.6 Å². The van der Waals surface area contributed by atoms with Crippen LogP contribution >= 0.6 is 11.6 Å². The molecule has 25 heavy (non-hydrogen) atoms. The monoisotopic (exact) mass is 355 g/mol.